The number of nitrogens with zero attached hydrogens (tertiary/aromatic N) is 1. The average molecular weight is 457 g/mol. The van der Waals surface area contributed by atoms with E-state index in [1.54, 1.807) is 6.07 Å². The quantitative estimate of drug-likeness (QED) is 0.458. The molecule has 0 fully saturated rings. The molecule has 1 aliphatic carbocycles. The molecule has 0 spiro atoms. The highest BCUT2D eigenvalue weighted by Crippen LogP contribution is 2.44. The highest BCUT2D eigenvalue weighted by molar-refractivity contribution is 5.93. The summed E-state index contributed by atoms with van der Waals surface area (Å²) in [5.41, 5.74) is 5.21. The number of benzene rings is 2. The van der Waals surface area contributed by atoms with Crippen molar-refractivity contribution in [3.8, 4) is 11.1 Å². The van der Waals surface area contributed by atoms with Crippen LogP contribution in [-0.4, -0.2) is 41.2 Å². The second-order valence-electron chi connectivity index (χ2n) is 7.78. The molecule has 0 bridgehead atoms. The maximum Gasteiger partial charge on any atom is 0.411 e. The summed E-state index contributed by atoms with van der Waals surface area (Å²) in [5, 5.41) is 14.0. The molecule has 2 aromatic carbocycles. The zero-order valence-electron chi connectivity index (χ0n) is 18.4. The van der Waals surface area contributed by atoms with Crippen LogP contribution >= 0.6 is 0 Å². The molecule has 0 aliphatic heterocycles. The first-order valence-corrected chi connectivity index (χ1v) is 10.7. The highest BCUT2D eigenvalue weighted by Gasteiger charge is 2.29. The van der Waals surface area contributed by atoms with Gasteiger partial charge in [-0.05, 0) is 41.3 Å². The molecule has 1 aliphatic rings. The Morgan fingerprint density at radius 2 is 1.65 bits per heavy atom. The third kappa shape index (κ3) is 4.96. The lowest BCUT2D eigenvalue weighted by atomic mass is 9.98. The second kappa shape index (κ2) is 9.99. The van der Waals surface area contributed by atoms with Crippen LogP contribution in [-0.2, 0) is 9.53 Å². The minimum absolute atomic E-state index is 0.0406. The van der Waals surface area contributed by atoms with Crippen LogP contribution in [0.4, 0.5) is 10.5 Å². The number of hydrogen-bond acceptors (Lipinski definition) is 5. The summed E-state index contributed by atoms with van der Waals surface area (Å²) in [4.78, 5) is 39.3. The Morgan fingerprint density at radius 3 is 2.24 bits per heavy atom. The van der Waals surface area contributed by atoms with E-state index in [0.29, 0.717) is 5.69 Å². The Bertz CT molecular complexity index is 1220. The summed E-state index contributed by atoms with van der Waals surface area (Å²) in [6, 6.07) is 19.2. The lowest BCUT2D eigenvalue weighted by molar-refractivity contribution is -0.132. The molecule has 34 heavy (non-hydrogen) atoms. The van der Waals surface area contributed by atoms with E-state index in [9.17, 15) is 14.4 Å². The van der Waals surface area contributed by atoms with E-state index in [0.717, 1.165) is 22.3 Å². The van der Waals surface area contributed by atoms with Gasteiger partial charge in [-0.25, -0.2) is 14.6 Å². The van der Waals surface area contributed by atoms with Gasteiger partial charge in [-0.3, -0.25) is 10.1 Å². The molecule has 0 unspecified atom stereocenters. The zero-order chi connectivity index (χ0) is 24.1. The summed E-state index contributed by atoms with van der Waals surface area (Å²) in [7, 11) is 0. The number of aromatic nitrogens is 1. The Kier molecular flexibility index (Phi) is 6.68. The molecule has 1 aromatic heterocycles. The van der Waals surface area contributed by atoms with Crippen LogP contribution in [0.2, 0.25) is 0 Å². The fourth-order valence-corrected chi connectivity index (χ4v) is 3.83. The van der Waals surface area contributed by atoms with Crippen molar-refractivity contribution in [2.75, 3.05) is 18.5 Å². The number of carbonyl (C=O) groups excluding carboxylic acids is 2. The molecule has 0 saturated heterocycles. The van der Waals surface area contributed by atoms with Gasteiger partial charge in [0, 0.05) is 18.0 Å². The van der Waals surface area contributed by atoms with Crippen molar-refractivity contribution in [3.63, 3.8) is 0 Å². The average Bonchev–Trinajstić information content (AvgIpc) is 3.16. The van der Waals surface area contributed by atoms with Gasteiger partial charge in [0.05, 0.1) is 11.9 Å². The topological polar surface area (TPSA) is 118 Å². The molecule has 0 saturated carbocycles. The first kappa shape index (κ1) is 22.7. The molecule has 3 N–H and O–H groups in total. The first-order chi connectivity index (χ1) is 16.4. The molecular weight excluding hydrogens is 434 g/mol. The van der Waals surface area contributed by atoms with Crippen molar-refractivity contribution >= 4 is 23.7 Å². The third-order valence-corrected chi connectivity index (χ3v) is 5.59. The minimum Gasteiger partial charge on any atom is -0.478 e. The highest BCUT2D eigenvalue weighted by atomic mass is 16.5. The molecule has 0 atom stereocenters. The van der Waals surface area contributed by atoms with Crippen LogP contribution < -0.4 is 10.6 Å². The number of carbonyl (C=O) groups is 3. The van der Waals surface area contributed by atoms with Gasteiger partial charge in [-0.2, -0.15) is 0 Å². The number of nitrogens with one attached hydrogen (secondary N) is 2. The van der Waals surface area contributed by atoms with Crippen LogP contribution in [0.25, 0.3) is 11.1 Å². The van der Waals surface area contributed by atoms with Gasteiger partial charge < -0.3 is 15.2 Å². The lowest BCUT2D eigenvalue weighted by Crippen LogP contribution is -2.25. The van der Waals surface area contributed by atoms with Crippen molar-refractivity contribution in [1.82, 2.24) is 10.3 Å². The molecule has 3 aromatic rings. The zero-order valence-corrected chi connectivity index (χ0v) is 18.4. The van der Waals surface area contributed by atoms with Crippen molar-refractivity contribution in [2.24, 2.45) is 0 Å². The van der Waals surface area contributed by atoms with E-state index >= 15 is 0 Å². The van der Waals surface area contributed by atoms with Gasteiger partial charge in [0.25, 0.3) is 5.91 Å². The van der Waals surface area contributed by atoms with E-state index in [1.165, 1.54) is 25.3 Å². The summed E-state index contributed by atoms with van der Waals surface area (Å²) in [6.07, 6.45) is 2.14. The normalized spacial score (nSPS) is 12.4. The van der Waals surface area contributed by atoms with Crippen molar-refractivity contribution in [2.45, 2.75) is 12.8 Å². The van der Waals surface area contributed by atoms with Crippen molar-refractivity contribution in [1.29, 1.82) is 0 Å². The lowest BCUT2D eigenvalue weighted by Gasteiger charge is -2.14. The molecule has 8 nitrogen and oxygen atoms in total. The smallest absolute Gasteiger partial charge is 0.411 e. The second-order valence-corrected chi connectivity index (χ2v) is 7.78. The van der Waals surface area contributed by atoms with Crippen LogP contribution in [0.5, 0.6) is 0 Å². The SMILES string of the molecule is C/C(=C\CNC(=O)c1ccc(NC(=O)OCC2c3ccccc3-c3ccccc32)cn1)C(=O)O. The maximum absolute atomic E-state index is 12.4. The number of pyridine rings is 1. The summed E-state index contributed by atoms with van der Waals surface area (Å²) in [5.74, 6) is -1.54. The Balaban J connectivity index is 1.32. The number of fused-ring (bicyclic) bond motifs is 3. The number of carboxylic acid groups (broad SMARTS) is 1. The number of carboxylic acids is 1. The molecule has 4 rings (SSSR count). The van der Waals surface area contributed by atoms with Gasteiger partial charge in [-0.15, -0.1) is 0 Å². The molecular formula is C26H23N3O5. The maximum atomic E-state index is 12.4. The van der Waals surface area contributed by atoms with Gasteiger partial charge in [0.15, 0.2) is 0 Å². The van der Waals surface area contributed by atoms with Crippen LogP contribution in [0.15, 0.2) is 78.5 Å². The standard InChI is InChI=1S/C26H23N3O5/c1-16(25(31)32)12-13-27-24(30)23-11-10-17(14-28-23)29-26(33)34-15-22-20-8-4-2-6-18(20)19-7-3-5-9-21(19)22/h2-12,14,22H,13,15H2,1H3,(H,27,30)(H,29,33)(H,31,32)/b16-12+. The fraction of sp³-hybridized carbons (Fsp3) is 0.154. The van der Waals surface area contributed by atoms with E-state index in [-0.39, 0.29) is 30.3 Å². The number of ether oxygens (including phenoxy) is 1. The first-order valence-electron chi connectivity index (χ1n) is 10.7. The Morgan fingerprint density at radius 1 is 1.00 bits per heavy atom. The monoisotopic (exact) mass is 457 g/mol. The van der Waals surface area contributed by atoms with Gasteiger partial charge in [0.1, 0.15) is 12.3 Å². The number of rotatable bonds is 7. The predicted octanol–water partition coefficient (Wildman–Crippen LogP) is 4.20. The molecule has 1 heterocycles. The molecule has 172 valence electrons. The van der Waals surface area contributed by atoms with Crippen LogP contribution in [0.3, 0.4) is 0 Å². The van der Waals surface area contributed by atoms with Gasteiger partial charge in [-0.1, -0.05) is 54.6 Å². The van der Waals surface area contributed by atoms with Gasteiger partial charge in [0.2, 0.25) is 0 Å². The Hall–Kier alpha value is -4.46. The Labute approximate surface area is 196 Å². The number of aliphatic carboxylic acids is 1. The third-order valence-electron chi connectivity index (χ3n) is 5.59. The van der Waals surface area contributed by atoms with Crippen LogP contribution in [0, 0.1) is 0 Å². The molecule has 2 amide bonds. The van der Waals surface area contributed by atoms with E-state index in [4.69, 9.17) is 9.84 Å². The van der Waals surface area contributed by atoms with E-state index < -0.39 is 18.0 Å². The van der Waals surface area contributed by atoms with Gasteiger partial charge >= 0.3 is 12.1 Å². The summed E-state index contributed by atoms with van der Waals surface area (Å²) in [6.45, 7) is 1.70. The minimum atomic E-state index is -1.05. The summed E-state index contributed by atoms with van der Waals surface area (Å²) < 4.78 is 5.50. The number of anilines is 1. The van der Waals surface area contributed by atoms with E-state index in [1.807, 2.05) is 36.4 Å². The predicted molar refractivity (Wildman–Crippen MR) is 127 cm³/mol. The van der Waals surface area contributed by atoms with E-state index in [2.05, 4.69) is 27.8 Å². The largest absolute Gasteiger partial charge is 0.478 e. The molecule has 0 radical (unpaired) electrons. The molecule has 8 heteroatoms. The van der Waals surface area contributed by atoms with Crippen molar-refractivity contribution < 1.29 is 24.2 Å². The number of amides is 2. The van der Waals surface area contributed by atoms with Crippen molar-refractivity contribution in [3.05, 3.63) is 95.3 Å². The van der Waals surface area contributed by atoms with Crippen LogP contribution in [0.1, 0.15) is 34.5 Å². The summed E-state index contributed by atoms with van der Waals surface area (Å²) >= 11 is 0. The number of hydrogen-bond donors (Lipinski definition) is 3. The fourth-order valence-electron chi connectivity index (χ4n) is 3.83.